The molecule has 0 fully saturated rings. The molecule has 0 aliphatic carbocycles. The molecule has 0 unspecified atom stereocenters. The highest BCUT2D eigenvalue weighted by Crippen LogP contribution is 2.03. The molecule has 0 nitrogen and oxygen atoms in total. The van der Waals surface area contributed by atoms with Crippen molar-refractivity contribution in [2.45, 2.75) is 104 Å². The first-order valence-corrected chi connectivity index (χ1v) is 3.91. The molecular formula is C15H46. The van der Waals surface area contributed by atoms with Crippen molar-refractivity contribution in [2.75, 3.05) is 0 Å². The van der Waals surface area contributed by atoms with Crippen LogP contribution < -0.4 is 0 Å². The van der Waals surface area contributed by atoms with E-state index in [-0.39, 0.29) is 52.0 Å². The molecule has 0 aliphatic heterocycles. The first-order valence-electron chi connectivity index (χ1n) is 3.91. The van der Waals surface area contributed by atoms with E-state index in [1.165, 1.54) is 38.5 Å². The average Bonchev–Trinajstić information content (AvgIpc) is 1.81. The maximum Gasteiger partial charge on any atom is -0.0533 e. The highest BCUT2D eigenvalue weighted by molar-refractivity contribution is 4.39. The van der Waals surface area contributed by atoms with Crippen molar-refractivity contribution in [2.24, 2.45) is 0 Å². The molecule has 0 aromatic rings. The van der Waals surface area contributed by atoms with E-state index in [1.54, 1.807) is 0 Å². The Hall–Kier alpha value is 0. The van der Waals surface area contributed by atoms with Gasteiger partial charge in [-0.15, -0.1) is 0 Å². The Balaban J connectivity index is -0.0000000117. The van der Waals surface area contributed by atoms with E-state index in [1.807, 2.05) is 0 Å². The zero-order chi connectivity index (χ0) is 6.24. The normalized spacial score (nSPS) is 5.20. The van der Waals surface area contributed by atoms with E-state index in [0.29, 0.717) is 0 Å². The molecule has 0 saturated heterocycles. The van der Waals surface area contributed by atoms with Crippen LogP contribution in [0, 0.1) is 0 Å². The summed E-state index contributed by atoms with van der Waals surface area (Å²) >= 11 is 0. The highest BCUT2D eigenvalue weighted by Gasteiger charge is 1.83. The van der Waals surface area contributed by atoms with Crippen molar-refractivity contribution in [1.29, 1.82) is 0 Å². The second-order valence-corrected chi connectivity index (χ2v) is 2.41. The van der Waals surface area contributed by atoms with Gasteiger partial charge in [0.05, 0.1) is 0 Å². The van der Waals surface area contributed by atoms with Gasteiger partial charge in [0, 0.05) is 0 Å². The fourth-order valence-corrected chi connectivity index (χ4v) is 0.854. The number of hydrogen-bond donors (Lipinski definition) is 0. The molecule has 0 N–H and O–H groups in total. The van der Waals surface area contributed by atoms with Crippen LogP contribution >= 0.6 is 0 Å². The molecule has 0 aromatic carbocycles. The third kappa shape index (κ3) is 80.6. The molecule has 0 heteroatoms. The predicted octanol–water partition coefficient (Wildman–Crippen LogP) is 7.82. The number of hydrogen-bond acceptors (Lipinski definition) is 0. The maximum absolute atomic E-state index is 2.26. The molecule has 0 rings (SSSR count). The van der Waals surface area contributed by atoms with Gasteiger partial charge in [-0.05, 0) is 0 Å². The molecule has 0 aliphatic rings. The van der Waals surface area contributed by atoms with Gasteiger partial charge in [-0.1, -0.05) is 104 Å². The molecule has 0 spiro atoms. The summed E-state index contributed by atoms with van der Waals surface area (Å²) in [6.45, 7) is 4.51. The number of unbranched alkanes of at least 4 members (excludes halogenated alkanes) is 5. The second-order valence-electron chi connectivity index (χ2n) is 2.41. The van der Waals surface area contributed by atoms with Crippen LogP contribution in [0.3, 0.4) is 0 Å². The van der Waals surface area contributed by atoms with E-state index < -0.39 is 0 Å². The third-order valence-electron chi connectivity index (χ3n) is 1.46. The Morgan fingerprint density at radius 3 is 0.733 bits per heavy atom. The summed E-state index contributed by atoms with van der Waals surface area (Å²) in [6, 6.07) is 0. The van der Waals surface area contributed by atoms with Crippen LogP contribution in [-0.2, 0) is 0 Å². The molecular weight excluding hydrogens is 180 g/mol. The molecule has 0 amide bonds. The highest BCUT2D eigenvalue weighted by atomic mass is 13.9. The monoisotopic (exact) mass is 226 g/mol. The maximum atomic E-state index is 2.26. The zero-order valence-electron chi connectivity index (χ0n) is 6.24. The van der Waals surface area contributed by atoms with Crippen molar-refractivity contribution >= 4 is 0 Å². The smallest absolute Gasteiger partial charge is 0.0533 e. The van der Waals surface area contributed by atoms with Gasteiger partial charge in [0.15, 0.2) is 0 Å². The summed E-state index contributed by atoms with van der Waals surface area (Å²) < 4.78 is 0. The lowest BCUT2D eigenvalue weighted by molar-refractivity contribution is 0.624. The van der Waals surface area contributed by atoms with Crippen LogP contribution in [0.2, 0.25) is 0 Å². The largest absolute Gasteiger partial charge is 0.0776 e. The fourth-order valence-electron chi connectivity index (χ4n) is 0.854. The summed E-state index contributed by atoms with van der Waals surface area (Å²) in [5.41, 5.74) is 0. The molecule has 0 radical (unpaired) electrons. The predicted molar refractivity (Wildman–Crippen MR) is 86.2 cm³/mol. The Bertz CT molecular complexity index is 25.0. The van der Waals surface area contributed by atoms with Crippen LogP contribution in [0.1, 0.15) is 104 Å². The van der Waals surface area contributed by atoms with Crippen molar-refractivity contribution in [3.63, 3.8) is 0 Å². The van der Waals surface area contributed by atoms with Gasteiger partial charge < -0.3 is 0 Å². The van der Waals surface area contributed by atoms with Gasteiger partial charge in [0.1, 0.15) is 0 Å². The Kier molecular flexibility index (Phi) is 263. The summed E-state index contributed by atoms with van der Waals surface area (Å²) in [7, 11) is 0. The van der Waals surface area contributed by atoms with E-state index in [2.05, 4.69) is 13.8 Å². The van der Waals surface area contributed by atoms with E-state index in [4.69, 9.17) is 0 Å². The van der Waals surface area contributed by atoms with Gasteiger partial charge in [0.25, 0.3) is 0 Å². The SMILES string of the molecule is C.C.C.C.C.C.C.CCCCCCCC. The Labute approximate surface area is 105 Å². The van der Waals surface area contributed by atoms with Crippen LogP contribution in [0.4, 0.5) is 0 Å². The first-order chi connectivity index (χ1) is 3.91. The lowest BCUT2D eigenvalue weighted by Gasteiger charge is -1.93. The van der Waals surface area contributed by atoms with Crippen LogP contribution in [0.15, 0.2) is 0 Å². The molecule has 0 bridgehead atoms. The molecule has 0 aromatic heterocycles. The molecule has 0 atom stereocenters. The Morgan fingerprint density at radius 2 is 0.600 bits per heavy atom. The molecule has 0 saturated carbocycles. The van der Waals surface area contributed by atoms with Crippen LogP contribution in [-0.4, -0.2) is 0 Å². The first kappa shape index (κ1) is 60.0. The van der Waals surface area contributed by atoms with Crippen molar-refractivity contribution in [3.05, 3.63) is 0 Å². The summed E-state index contributed by atoms with van der Waals surface area (Å²) in [5, 5.41) is 0. The summed E-state index contributed by atoms with van der Waals surface area (Å²) in [6.07, 6.45) is 8.49. The van der Waals surface area contributed by atoms with Crippen molar-refractivity contribution < 1.29 is 0 Å². The lowest BCUT2D eigenvalue weighted by Crippen LogP contribution is -1.73. The van der Waals surface area contributed by atoms with Gasteiger partial charge in [0.2, 0.25) is 0 Å². The fraction of sp³-hybridized carbons (Fsp3) is 1.00. The second kappa shape index (κ2) is 65.7. The van der Waals surface area contributed by atoms with Gasteiger partial charge in [-0.2, -0.15) is 0 Å². The molecule has 0 heterocycles. The quantitative estimate of drug-likeness (QED) is 0.419. The topological polar surface area (TPSA) is 0 Å². The van der Waals surface area contributed by atoms with Crippen molar-refractivity contribution in [1.82, 2.24) is 0 Å². The zero-order valence-corrected chi connectivity index (χ0v) is 6.24. The number of rotatable bonds is 5. The summed E-state index contributed by atoms with van der Waals surface area (Å²) in [5.74, 6) is 0. The van der Waals surface area contributed by atoms with Gasteiger partial charge in [-0.25, -0.2) is 0 Å². The van der Waals surface area contributed by atoms with Gasteiger partial charge in [-0.3, -0.25) is 0 Å². The van der Waals surface area contributed by atoms with E-state index in [9.17, 15) is 0 Å². The van der Waals surface area contributed by atoms with E-state index >= 15 is 0 Å². The van der Waals surface area contributed by atoms with Gasteiger partial charge >= 0.3 is 0 Å². The minimum Gasteiger partial charge on any atom is -0.0776 e. The Morgan fingerprint density at radius 1 is 0.400 bits per heavy atom. The van der Waals surface area contributed by atoms with Crippen LogP contribution in [0.25, 0.3) is 0 Å². The molecule has 106 valence electrons. The average molecular weight is 227 g/mol. The third-order valence-corrected chi connectivity index (χ3v) is 1.46. The van der Waals surface area contributed by atoms with Crippen LogP contribution in [0.5, 0.6) is 0 Å². The minimum absolute atomic E-state index is 0. The van der Waals surface area contributed by atoms with Crippen molar-refractivity contribution in [3.8, 4) is 0 Å². The minimum atomic E-state index is 0. The summed E-state index contributed by atoms with van der Waals surface area (Å²) in [4.78, 5) is 0. The van der Waals surface area contributed by atoms with E-state index in [0.717, 1.165) is 0 Å². The lowest BCUT2D eigenvalue weighted by atomic mass is 10.1. The molecule has 15 heavy (non-hydrogen) atoms. The standard InChI is InChI=1S/C8H18.7CH4/c1-3-5-7-8-6-4-2;;;;;;;/h3-8H2,1-2H3;7*1H4.